The van der Waals surface area contributed by atoms with Crippen LogP contribution in [0.25, 0.3) is 0 Å². The molecule has 5 amide bonds. The smallest absolute Gasteiger partial charge is 0.326 e. The molecule has 1 heterocycles. The number of benzene rings is 1. The molecule has 1 aliphatic heterocycles. The van der Waals surface area contributed by atoms with Gasteiger partial charge in [0.2, 0.25) is 29.5 Å². The van der Waals surface area contributed by atoms with Crippen molar-refractivity contribution >= 4 is 41.5 Å². The molecule has 1 saturated heterocycles. The van der Waals surface area contributed by atoms with E-state index in [9.17, 15) is 33.9 Å². The number of likely N-dealkylation sites (tertiary alicyclic amines) is 1. The molecule has 0 bridgehead atoms. The van der Waals surface area contributed by atoms with Crippen LogP contribution in [0.1, 0.15) is 115 Å². The summed E-state index contributed by atoms with van der Waals surface area (Å²) in [7, 11) is 1.70. The highest BCUT2D eigenvalue weighted by Gasteiger charge is 2.40. The summed E-state index contributed by atoms with van der Waals surface area (Å²) in [5, 5.41) is 24.6. The quantitative estimate of drug-likeness (QED) is 0.0296. The maximum absolute atomic E-state index is 14.4. The van der Waals surface area contributed by atoms with E-state index in [-0.39, 0.29) is 49.0 Å². The Hall–Kier alpha value is -5.03. The van der Waals surface area contributed by atoms with Gasteiger partial charge in [-0.1, -0.05) is 74.6 Å². The molecule has 344 valence electrons. The Morgan fingerprint density at radius 1 is 0.758 bits per heavy atom. The van der Waals surface area contributed by atoms with Crippen molar-refractivity contribution in [2.75, 3.05) is 26.7 Å². The molecule has 62 heavy (non-hydrogen) atoms. The number of nitrogens with one attached hydrogen (secondary N) is 5. The Balaban J connectivity index is 1.52. The van der Waals surface area contributed by atoms with Crippen LogP contribution in [0.5, 0.6) is 0 Å². The van der Waals surface area contributed by atoms with Crippen LogP contribution in [0, 0.1) is 11.8 Å². The van der Waals surface area contributed by atoms with Gasteiger partial charge in [0.1, 0.15) is 30.2 Å². The molecule has 17 nitrogen and oxygen atoms in total. The first-order chi connectivity index (χ1) is 29.9. The van der Waals surface area contributed by atoms with Crippen molar-refractivity contribution in [3.63, 3.8) is 0 Å². The largest absolute Gasteiger partial charge is 0.480 e. The van der Waals surface area contributed by atoms with E-state index in [2.05, 4.69) is 31.6 Å². The molecule has 1 saturated carbocycles. The van der Waals surface area contributed by atoms with E-state index in [1.807, 2.05) is 42.5 Å². The maximum Gasteiger partial charge on any atom is 0.326 e. The number of nitrogens with zero attached hydrogens (tertiary/aromatic N) is 2. The highest BCUT2D eigenvalue weighted by molar-refractivity contribution is 5.96. The van der Waals surface area contributed by atoms with Gasteiger partial charge < -0.3 is 53.8 Å². The Morgan fingerprint density at radius 3 is 2.06 bits per heavy atom. The fourth-order valence-corrected chi connectivity index (χ4v) is 8.88. The molecule has 4 rings (SSSR count). The lowest BCUT2D eigenvalue weighted by Gasteiger charge is -2.32. The first-order valence-corrected chi connectivity index (χ1v) is 22.8. The summed E-state index contributed by atoms with van der Waals surface area (Å²) in [6.07, 6.45) is 15.6. The number of amides is 5. The second-order valence-corrected chi connectivity index (χ2v) is 17.1. The highest BCUT2D eigenvalue weighted by Crippen LogP contribution is 2.29. The minimum Gasteiger partial charge on any atom is -0.480 e. The SMILES string of the molecule is CN[C@@H](Cc1ccccc1)C(=O)N[C@@H](CCCCN)C(=O)N1CCC[C@H]1C(=O)N[C@H](CC1CCCCC1)C(=O)N[C@@H](C[C@@H]1C=CCCC1)C(=O)N[C@H](CCCN=C(N)N)C(=O)O. The molecule has 3 aliphatic rings. The molecule has 0 spiro atoms. The lowest BCUT2D eigenvalue weighted by molar-refractivity contribution is -0.143. The number of unbranched alkanes of at least 4 members (excludes halogenated alkanes) is 1. The molecule has 12 N–H and O–H groups in total. The zero-order chi connectivity index (χ0) is 44.9. The average molecular weight is 865 g/mol. The summed E-state index contributed by atoms with van der Waals surface area (Å²) >= 11 is 0. The Labute approximate surface area is 366 Å². The number of carboxylic acids is 1. The topological polar surface area (TPSA) is 276 Å². The highest BCUT2D eigenvalue weighted by atomic mass is 16.4. The summed E-state index contributed by atoms with van der Waals surface area (Å²) in [6, 6.07) is 3.93. The summed E-state index contributed by atoms with van der Waals surface area (Å²) in [5.74, 6) is -3.52. The first kappa shape index (κ1) is 49.6. The lowest BCUT2D eigenvalue weighted by Crippen LogP contribution is -2.59. The number of rotatable bonds is 25. The number of carbonyl (C=O) groups is 6. The van der Waals surface area contributed by atoms with E-state index in [0.29, 0.717) is 64.5 Å². The van der Waals surface area contributed by atoms with Gasteiger partial charge in [-0.2, -0.15) is 0 Å². The Morgan fingerprint density at radius 2 is 1.42 bits per heavy atom. The predicted molar refractivity (Wildman–Crippen MR) is 238 cm³/mol. The van der Waals surface area contributed by atoms with Gasteiger partial charge in [0.25, 0.3) is 0 Å². The predicted octanol–water partition coefficient (Wildman–Crippen LogP) is 1.73. The number of aliphatic imine (C=N–C) groups is 1. The zero-order valence-corrected chi connectivity index (χ0v) is 36.5. The lowest BCUT2D eigenvalue weighted by atomic mass is 9.84. The molecular weight excluding hydrogens is 793 g/mol. The van der Waals surface area contributed by atoms with Crippen molar-refractivity contribution in [3.05, 3.63) is 48.0 Å². The van der Waals surface area contributed by atoms with Crippen LogP contribution in [-0.4, -0.2) is 114 Å². The number of aliphatic carboxylic acids is 1. The van der Waals surface area contributed by atoms with Crippen molar-refractivity contribution in [1.29, 1.82) is 0 Å². The van der Waals surface area contributed by atoms with Crippen molar-refractivity contribution in [2.24, 2.45) is 34.0 Å². The van der Waals surface area contributed by atoms with Crippen LogP contribution in [0.15, 0.2) is 47.5 Å². The molecule has 2 fully saturated rings. The van der Waals surface area contributed by atoms with E-state index in [1.165, 1.54) is 4.90 Å². The van der Waals surface area contributed by atoms with Crippen molar-refractivity contribution < 1.29 is 33.9 Å². The van der Waals surface area contributed by atoms with Gasteiger partial charge in [-0.25, -0.2) is 4.79 Å². The summed E-state index contributed by atoms with van der Waals surface area (Å²) < 4.78 is 0. The molecule has 7 atom stereocenters. The van der Waals surface area contributed by atoms with E-state index < -0.39 is 59.9 Å². The van der Waals surface area contributed by atoms with Gasteiger partial charge >= 0.3 is 5.97 Å². The van der Waals surface area contributed by atoms with Crippen LogP contribution in [-0.2, 0) is 35.2 Å². The standard InChI is InChI=1S/C45H72N10O7/c1-49-35(27-30-15-5-2-6-16-30)39(56)51-33(21-11-12-24-46)43(60)55-26-14-23-38(55)42(59)54-37(29-32-19-9-4-10-20-32)41(58)53-36(28-31-17-7-3-8-18-31)40(57)52-34(44(61)62)22-13-25-50-45(47)48/h2,5-7,15-17,31-38,49H,3-4,8-14,18-29,46H2,1H3,(H,51,56)(H,52,57)(H,53,58)(H,54,59)(H,61,62)(H4,47,48,50)/t31-,33+,34-,35+,36+,37-,38+/m1/s1. The third kappa shape index (κ3) is 16.3. The van der Waals surface area contributed by atoms with Gasteiger partial charge in [-0.05, 0) is 114 Å². The summed E-state index contributed by atoms with van der Waals surface area (Å²) in [5.41, 5.74) is 17.6. The number of allylic oxidation sites excluding steroid dienone is 2. The van der Waals surface area contributed by atoms with Gasteiger partial charge in [0.15, 0.2) is 5.96 Å². The molecule has 17 heteroatoms. The molecule has 2 aliphatic carbocycles. The Kier molecular flexibility index (Phi) is 21.2. The normalized spacial score (nSPS) is 20.2. The number of nitrogens with two attached hydrogens (primary N) is 3. The first-order valence-electron chi connectivity index (χ1n) is 22.8. The van der Waals surface area contributed by atoms with Gasteiger partial charge in [-0.15, -0.1) is 0 Å². The number of hydrogen-bond donors (Lipinski definition) is 9. The number of carbonyl (C=O) groups excluding carboxylic acids is 5. The fourth-order valence-electron chi connectivity index (χ4n) is 8.88. The third-order valence-electron chi connectivity index (χ3n) is 12.4. The van der Waals surface area contributed by atoms with Crippen molar-refractivity contribution in [1.82, 2.24) is 31.5 Å². The second kappa shape index (κ2) is 26.4. The molecule has 0 unspecified atom stereocenters. The van der Waals surface area contributed by atoms with Gasteiger partial charge in [0.05, 0.1) is 6.04 Å². The third-order valence-corrected chi connectivity index (χ3v) is 12.4. The molecule has 0 aromatic heterocycles. The average Bonchev–Trinajstić information content (AvgIpc) is 3.77. The molecule has 1 aromatic rings. The molecule has 0 radical (unpaired) electrons. The van der Waals surface area contributed by atoms with Gasteiger partial charge in [0, 0.05) is 13.1 Å². The van der Waals surface area contributed by atoms with Crippen LogP contribution in [0.3, 0.4) is 0 Å². The maximum atomic E-state index is 14.4. The zero-order valence-electron chi connectivity index (χ0n) is 36.5. The minimum atomic E-state index is -1.24. The van der Waals surface area contributed by atoms with Crippen molar-refractivity contribution in [2.45, 2.75) is 152 Å². The van der Waals surface area contributed by atoms with E-state index in [4.69, 9.17) is 17.2 Å². The van der Waals surface area contributed by atoms with Crippen LogP contribution in [0.4, 0.5) is 0 Å². The summed E-state index contributed by atoms with van der Waals surface area (Å²) in [4.78, 5) is 88.3. The monoisotopic (exact) mass is 865 g/mol. The number of likely N-dealkylation sites (N-methyl/N-ethyl adjacent to an activating group) is 1. The van der Waals surface area contributed by atoms with Crippen LogP contribution < -0.4 is 43.8 Å². The van der Waals surface area contributed by atoms with E-state index >= 15 is 0 Å². The second-order valence-electron chi connectivity index (χ2n) is 17.1. The fraction of sp³-hybridized carbons (Fsp3) is 0.667. The number of guanidine groups is 1. The minimum absolute atomic E-state index is 0.0191. The molecular formula is C45H72N10O7. The van der Waals surface area contributed by atoms with Crippen LogP contribution in [0.2, 0.25) is 0 Å². The Bertz CT molecular complexity index is 1670. The number of carboxylic acid groups (broad SMARTS) is 1. The summed E-state index contributed by atoms with van der Waals surface area (Å²) in [6.45, 7) is 0.936. The van der Waals surface area contributed by atoms with Crippen LogP contribution >= 0.6 is 0 Å². The molecule has 1 aromatic carbocycles. The number of hydrogen-bond acceptors (Lipinski definition) is 9. The van der Waals surface area contributed by atoms with E-state index in [0.717, 1.165) is 56.9 Å². The van der Waals surface area contributed by atoms with Gasteiger partial charge in [-0.3, -0.25) is 29.0 Å². The van der Waals surface area contributed by atoms with E-state index in [1.54, 1.807) is 7.05 Å². The van der Waals surface area contributed by atoms with Crippen molar-refractivity contribution in [3.8, 4) is 0 Å².